The molecule has 240 valence electrons. The Balaban J connectivity index is 1.33. The summed E-state index contributed by atoms with van der Waals surface area (Å²) in [5, 5.41) is 5.38. The van der Waals surface area contributed by atoms with Crippen LogP contribution in [0.5, 0.6) is 0 Å². The Morgan fingerprint density at radius 3 is 2.73 bits per heavy atom. The quantitative estimate of drug-likeness (QED) is 0.157. The first-order valence-corrected chi connectivity index (χ1v) is 16.9. The molecule has 0 radical (unpaired) electrons. The van der Waals surface area contributed by atoms with Crippen molar-refractivity contribution in [1.82, 2.24) is 29.9 Å². The molecular weight excluding hydrogens is 609 g/mol. The number of alkyl carbamates (subject to hydrolysis) is 1. The van der Waals surface area contributed by atoms with Gasteiger partial charge in [-0.25, -0.2) is 29.4 Å². The molecule has 1 fully saturated rings. The lowest BCUT2D eigenvalue weighted by atomic mass is 9.96. The van der Waals surface area contributed by atoms with Gasteiger partial charge < -0.3 is 20.5 Å². The van der Waals surface area contributed by atoms with Crippen molar-refractivity contribution in [2.24, 2.45) is 11.3 Å². The lowest BCUT2D eigenvalue weighted by molar-refractivity contribution is -0.117. The summed E-state index contributed by atoms with van der Waals surface area (Å²) in [6, 6.07) is 9.47. The third-order valence-corrected chi connectivity index (χ3v) is 9.69. The van der Waals surface area contributed by atoms with Gasteiger partial charge in [0.2, 0.25) is 0 Å². The molecule has 16 heteroatoms. The van der Waals surface area contributed by atoms with E-state index in [0.717, 1.165) is 17.3 Å². The number of anilines is 1. The van der Waals surface area contributed by atoms with Crippen molar-refractivity contribution in [2.45, 2.75) is 53.0 Å². The zero-order valence-electron chi connectivity index (χ0n) is 25.3. The Bertz CT molecular complexity index is 1460. The van der Waals surface area contributed by atoms with Crippen LogP contribution in [0.2, 0.25) is 0 Å². The van der Waals surface area contributed by atoms with Crippen LogP contribution in [-0.2, 0) is 34.4 Å². The molecule has 4 atom stereocenters. The Labute approximate surface area is 260 Å². The molecule has 2 aromatic heterocycles. The third-order valence-electron chi connectivity index (χ3n) is 6.95. The minimum absolute atomic E-state index is 0.0104. The van der Waals surface area contributed by atoms with Gasteiger partial charge >= 0.3 is 13.8 Å². The van der Waals surface area contributed by atoms with E-state index < -0.39 is 19.3 Å². The molecule has 1 amide bonds. The van der Waals surface area contributed by atoms with Gasteiger partial charge in [-0.3, -0.25) is 18.4 Å². The maximum Gasteiger partial charge on any atom is 0.407 e. The topological polar surface area (TPSA) is 182 Å². The van der Waals surface area contributed by atoms with Crippen molar-refractivity contribution in [3.05, 3.63) is 48.5 Å². The molecular formula is C28H40N7O7PS. The molecule has 0 saturated carbocycles. The number of hydrogen-bond donors (Lipinski definition) is 3. The first kappa shape index (κ1) is 33.8. The van der Waals surface area contributed by atoms with Crippen molar-refractivity contribution in [1.29, 1.82) is 0 Å². The Morgan fingerprint density at radius 2 is 1.98 bits per heavy atom. The van der Waals surface area contributed by atoms with E-state index in [-0.39, 0.29) is 62.0 Å². The molecule has 0 aliphatic carbocycles. The maximum atomic E-state index is 13.8. The molecule has 3 heterocycles. The molecule has 3 aromatic rings. The molecule has 4 unspecified atom stereocenters. The van der Waals surface area contributed by atoms with Crippen molar-refractivity contribution >= 4 is 47.7 Å². The van der Waals surface area contributed by atoms with E-state index in [1.54, 1.807) is 27.1 Å². The van der Waals surface area contributed by atoms with Crippen LogP contribution < -0.4 is 16.1 Å². The van der Waals surface area contributed by atoms with Crippen LogP contribution in [-0.4, -0.2) is 68.9 Å². The van der Waals surface area contributed by atoms with Crippen LogP contribution >= 0.6 is 19.5 Å². The van der Waals surface area contributed by atoms with Crippen LogP contribution in [0.4, 0.5) is 10.6 Å². The summed E-state index contributed by atoms with van der Waals surface area (Å²) in [7, 11) is -3.80. The van der Waals surface area contributed by atoms with Crippen LogP contribution in [0.15, 0.2) is 43.0 Å². The number of imidazole rings is 1. The third kappa shape index (κ3) is 8.99. The summed E-state index contributed by atoms with van der Waals surface area (Å²) in [4.78, 5) is 37.0. The number of nitrogen functional groups attached to an aromatic ring is 1. The monoisotopic (exact) mass is 649 g/mol. The number of hydrogen-bond acceptors (Lipinski definition) is 12. The number of rotatable bonds is 15. The van der Waals surface area contributed by atoms with E-state index in [2.05, 4.69) is 25.4 Å². The number of fused-ring (bicyclic) bond motifs is 1. The van der Waals surface area contributed by atoms with Gasteiger partial charge in [-0.05, 0) is 18.9 Å². The smallest absolute Gasteiger partial charge is 0.407 e. The van der Waals surface area contributed by atoms with Gasteiger partial charge in [0.25, 0.3) is 0 Å². The molecule has 0 spiro atoms. The second-order valence-electron chi connectivity index (χ2n) is 11.0. The van der Waals surface area contributed by atoms with E-state index in [9.17, 15) is 14.2 Å². The van der Waals surface area contributed by atoms with Gasteiger partial charge in [0.1, 0.15) is 18.1 Å². The van der Waals surface area contributed by atoms with Gasteiger partial charge in [0.15, 0.2) is 16.6 Å². The Hall–Kier alpha value is -3.07. The molecule has 4 N–H and O–H groups in total. The van der Waals surface area contributed by atoms with Crippen LogP contribution in [0, 0.1) is 11.3 Å². The average molecular weight is 650 g/mol. The number of carbonyl (C=O) groups is 2. The predicted molar refractivity (Wildman–Crippen MR) is 166 cm³/mol. The Morgan fingerprint density at radius 1 is 1.20 bits per heavy atom. The number of nitrogens with one attached hydrogen (secondary N) is 2. The second-order valence-corrected chi connectivity index (χ2v) is 13.9. The summed E-state index contributed by atoms with van der Waals surface area (Å²) >= 11 is 1.03. The number of benzene rings is 1. The zero-order valence-corrected chi connectivity index (χ0v) is 27.0. The van der Waals surface area contributed by atoms with Gasteiger partial charge in [-0.1, -0.05) is 62.9 Å². The molecule has 1 saturated heterocycles. The number of amides is 1. The van der Waals surface area contributed by atoms with E-state index in [4.69, 9.17) is 24.3 Å². The number of nitrogens with two attached hydrogens (primary N) is 1. The molecule has 1 aliphatic rings. The van der Waals surface area contributed by atoms with Crippen molar-refractivity contribution < 1.29 is 32.7 Å². The molecule has 1 aromatic carbocycles. The van der Waals surface area contributed by atoms with E-state index in [0.29, 0.717) is 23.4 Å². The molecule has 4 rings (SSSR count). The fourth-order valence-corrected chi connectivity index (χ4v) is 6.82. The fraction of sp³-hybridized carbons (Fsp3) is 0.536. The van der Waals surface area contributed by atoms with Crippen molar-refractivity contribution in [2.75, 3.05) is 37.9 Å². The summed E-state index contributed by atoms with van der Waals surface area (Å²) in [6.45, 7) is 7.83. The summed E-state index contributed by atoms with van der Waals surface area (Å²) in [5.74, 6) is 0.609. The lowest BCUT2D eigenvalue weighted by Crippen LogP contribution is -2.38. The lowest BCUT2D eigenvalue weighted by Gasteiger charge is -2.23. The summed E-state index contributed by atoms with van der Waals surface area (Å²) < 4.78 is 38.4. The Kier molecular flexibility index (Phi) is 11.7. The highest BCUT2D eigenvalue weighted by Crippen LogP contribution is 2.46. The normalized spacial score (nSPS) is 20.0. The minimum Gasteiger partial charge on any atom is -0.450 e. The standard InChI is InChI=1S/C28H40N7O7PS/c1-5-39-27(37)30-16-28(3,4)26(36)44-12-11-40-43(38,34-14-20-9-7-6-8-10-20)41-15-21-13-19(2)25(42-21)35-18-33-22-23(29)31-17-32-24(22)35/h6-10,17-19,21,25H,5,11-16H2,1-4H3,(H,30,37)(H,34,38)(H2,29,31,32). The number of aromatic nitrogens is 4. The first-order valence-electron chi connectivity index (χ1n) is 14.4. The van der Waals surface area contributed by atoms with Crippen LogP contribution in [0.25, 0.3) is 11.2 Å². The van der Waals surface area contributed by atoms with Crippen LogP contribution in [0.1, 0.15) is 45.9 Å². The first-order chi connectivity index (χ1) is 21.0. The zero-order chi connectivity index (χ0) is 31.7. The molecule has 0 bridgehead atoms. The highest BCUT2D eigenvalue weighted by Gasteiger charge is 2.37. The van der Waals surface area contributed by atoms with E-state index >= 15 is 0 Å². The van der Waals surface area contributed by atoms with Gasteiger partial charge in [0, 0.05) is 24.8 Å². The summed E-state index contributed by atoms with van der Waals surface area (Å²) in [5.41, 5.74) is 7.07. The van der Waals surface area contributed by atoms with Gasteiger partial charge in [-0.2, -0.15) is 0 Å². The molecule has 1 aliphatic heterocycles. The van der Waals surface area contributed by atoms with E-state index in [1.807, 2.05) is 41.8 Å². The van der Waals surface area contributed by atoms with E-state index in [1.165, 1.54) is 6.33 Å². The number of carbonyl (C=O) groups excluding carboxylic acids is 2. The maximum absolute atomic E-state index is 13.8. The number of thioether (sulfide) groups is 1. The molecule has 44 heavy (non-hydrogen) atoms. The SMILES string of the molecule is CCOC(=O)NCC(C)(C)C(=O)SCCOP(=O)(NCc1ccccc1)OCC1CC(C)C(n2cnc3c(N)ncnc32)O1. The fourth-order valence-electron chi connectivity index (χ4n) is 4.55. The highest BCUT2D eigenvalue weighted by molar-refractivity contribution is 8.13. The molecule has 14 nitrogen and oxygen atoms in total. The van der Waals surface area contributed by atoms with Crippen molar-refractivity contribution in [3.63, 3.8) is 0 Å². The van der Waals surface area contributed by atoms with Crippen molar-refractivity contribution in [3.8, 4) is 0 Å². The van der Waals surface area contributed by atoms with Gasteiger partial charge in [0.05, 0.1) is 37.7 Å². The highest BCUT2D eigenvalue weighted by atomic mass is 32.2. The summed E-state index contributed by atoms with van der Waals surface area (Å²) in [6.07, 6.45) is 2.34. The largest absolute Gasteiger partial charge is 0.450 e. The average Bonchev–Trinajstić information content (AvgIpc) is 3.60. The second kappa shape index (κ2) is 15.3. The van der Waals surface area contributed by atoms with Gasteiger partial charge in [-0.15, -0.1) is 0 Å². The number of nitrogens with zero attached hydrogens (tertiary/aromatic N) is 4. The number of ether oxygens (including phenoxy) is 2. The van der Waals surface area contributed by atoms with Crippen LogP contribution in [0.3, 0.4) is 0 Å². The minimum atomic E-state index is -3.80. The predicted octanol–water partition coefficient (Wildman–Crippen LogP) is 4.30.